The minimum atomic E-state index is 0.671. The van der Waals surface area contributed by atoms with Crippen molar-refractivity contribution in [2.24, 2.45) is 5.73 Å². The molecule has 0 heterocycles. The Morgan fingerprint density at radius 1 is 1.27 bits per heavy atom. The molecular weight excluding hydrogens is 134 g/mol. The standard InChI is InChI=1S/C7H13N.C3H6/c1-5(2)6(3)7(4)8;1-3-2/h4,8H2,1-3H3;3H,1H2,2H3. The smallest absolute Gasteiger partial charge is 0.0269 e. The highest BCUT2D eigenvalue weighted by Crippen LogP contribution is 2.05. The third kappa shape index (κ3) is 9.02. The quantitative estimate of drug-likeness (QED) is 0.455. The zero-order valence-corrected chi connectivity index (χ0v) is 8.07. The maximum Gasteiger partial charge on any atom is 0.0269 e. The van der Waals surface area contributed by atoms with Gasteiger partial charge in [-0.3, -0.25) is 0 Å². The predicted octanol–water partition coefficient (Wildman–Crippen LogP) is 3.01. The van der Waals surface area contributed by atoms with Gasteiger partial charge in [0.05, 0.1) is 0 Å². The summed E-state index contributed by atoms with van der Waals surface area (Å²) in [6.45, 7) is 14.9. The summed E-state index contributed by atoms with van der Waals surface area (Å²) in [6, 6.07) is 0. The Morgan fingerprint density at radius 2 is 1.55 bits per heavy atom. The molecule has 0 bridgehead atoms. The number of rotatable bonds is 1. The third-order valence-corrected chi connectivity index (χ3v) is 1.23. The van der Waals surface area contributed by atoms with Crippen molar-refractivity contribution < 1.29 is 0 Å². The molecule has 0 aromatic carbocycles. The minimum absolute atomic E-state index is 0.671. The predicted molar refractivity (Wildman–Crippen MR) is 53.2 cm³/mol. The highest BCUT2D eigenvalue weighted by molar-refractivity contribution is 5.26. The van der Waals surface area contributed by atoms with Crippen LogP contribution >= 0.6 is 0 Å². The van der Waals surface area contributed by atoms with Gasteiger partial charge in [0, 0.05) is 5.70 Å². The van der Waals surface area contributed by atoms with E-state index in [0.717, 1.165) is 5.57 Å². The van der Waals surface area contributed by atoms with Crippen molar-refractivity contribution in [3.8, 4) is 0 Å². The number of hydrogen-bond donors (Lipinski definition) is 1. The van der Waals surface area contributed by atoms with Gasteiger partial charge in [0.2, 0.25) is 0 Å². The number of allylic oxidation sites excluding steroid dienone is 3. The summed E-state index contributed by atoms with van der Waals surface area (Å²) in [5, 5.41) is 0. The molecule has 0 aliphatic heterocycles. The molecule has 1 heteroatoms. The summed E-state index contributed by atoms with van der Waals surface area (Å²) in [7, 11) is 0. The number of nitrogens with two attached hydrogens (primary N) is 1. The van der Waals surface area contributed by atoms with E-state index >= 15 is 0 Å². The molecule has 0 amide bonds. The summed E-state index contributed by atoms with van der Waals surface area (Å²) in [5.74, 6) is 0. The van der Waals surface area contributed by atoms with Gasteiger partial charge in [-0.1, -0.05) is 18.2 Å². The Kier molecular flexibility index (Phi) is 8.22. The summed E-state index contributed by atoms with van der Waals surface area (Å²) in [6.07, 6.45) is 1.75. The molecule has 0 saturated heterocycles. The van der Waals surface area contributed by atoms with Crippen LogP contribution in [0.3, 0.4) is 0 Å². The van der Waals surface area contributed by atoms with E-state index in [2.05, 4.69) is 13.2 Å². The van der Waals surface area contributed by atoms with Crippen LogP contribution in [-0.2, 0) is 0 Å². The van der Waals surface area contributed by atoms with Crippen LogP contribution in [-0.4, -0.2) is 0 Å². The van der Waals surface area contributed by atoms with Crippen LogP contribution in [0.4, 0.5) is 0 Å². The van der Waals surface area contributed by atoms with E-state index in [1.807, 2.05) is 27.7 Å². The van der Waals surface area contributed by atoms with E-state index in [1.165, 1.54) is 5.57 Å². The van der Waals surface area contributed by atoms with Gasteiger partial charge in [-0.05, 0) is 33.3 Å². The van der Waals surface area contributed by atoms with Crippen molar-refractivity contribution in [1.82, 2.24) is 0 Å². The first-order chi connectivity index (χ1) is 4.97. The Hall–Kier alpha value is -0.980. The molecule has 64 valence electrons. The van der Waals surface area contributed by atoms with Crippen molar-refractivity contribution in [1.29, 1.82) is 0 Å². The molecule has 0 aliphatic carbocycles. The van der Waals surface area contributed by atoms with Gasteiger partial charge in [0.15, 0.2) is 0 Å². The lowest BCUT2D eigenvalue weighted by atomic mass is 10.1. The molecule has 0 spiro atoms. The molecule has 0 aromatic heterocycles. The van der Waals surface area contributed by atoms with Gasteiger partial charge in [0.25, 0.3) is 0 Å². The largest absolute Gasteiger partial charge is 0.399 e. The molecular formula is C10H19N. The van der Waals surface area contributed by atoms with Gasteiger partial charge in [-0.2, -0.15) is 0 Å². The van der Waals surface area contributed by atoms with Crippen LogP contribution in [0.25, 0.3) is 0 Å². The van der Waals surface area contributed by atoms with Crippen molar-refractivity contribution >= 4 is 0 Å². The second-order valence-electron chi connectivity index (χ2n) is 2.56. The molecule has 0 aliphatic rings. The SMILES string of the molecule is C=C(N)C(C)=C(C)C.C=CC. The van der Waals surface area contributed by atoms with Crippen molar-refractivity contribution in [3.63, 3.8) is 0 Å². The highest BCUT2D eigenvalue weighted by atomic mass is 14.6. The summed E-state index contributed by atoms with van der Waals surface area (Å²) in [4.78, 5) is 0. The maximum atomic E-state index is 5.38. The molecule has 0 radical (unpaired) electrons. The Morgan fingerprint density at radius 3 is 1.55 bits per heavy atom. The first-order valence-corrected chi connectivity index (χ1v) is 3.63. The second kappa shape index (κ2) is 7.13. The molecule has 0 fully saturated rings. The van der Waals surface area contributed by atoms with Crippen LogP contribution in [0, 0.1) is 0 Å². The molecule has 2 N–H and O–H groups in total. The highest BCUT2D eigenvalue weighted by Gasteiger charge is 1.89. The first-order valence-electron chi connectivity index (χ1n) is 3.63. The normalized spacial score (nSPS) is 7.27. The second-order valence-corrected chi connectivity index (χ2v) is 2.56. The van der Waals surface area contributed by atoms with Crippen LogP contribution < -0.4 is 5.73 Å². The average molecular weight is 153 g/mol. The van der Waals surface area contributed by atoms with Gasteiger partial charge in [-0.25, -0.2) is 0 Å². The lowest BCUT2D eigenvalue weighted by Gasteiger charge is -1.99. The van der Waals surface area contributed by atoms with Crippen LogP contribution in [0.2, 0.25) is 0 Å². The van der Waals surface area contributed by atoms with Gasteiger partial charge < -0.3 is 5.73 Å². The fourth-order valence-corrected chi connectivity index (χ4v) is 0.321. The molecule has 11 heavy (non-hydrogen) atoms. The molecule has 0 rings (SSSR count). The number of hydrogen-bond acceptors (Lipinski definition) is 1. The first kappa shape index (κ1) is 12.7. The van der Waals surface area contributed by atoms with E-state index in [0.29, 0.717) is 5.70 Å². The minimum Gasteiger partial charge on any atom is -0.399 e. The molecule has 0 saturated carbocycles. The van der Waals surface area contributed by atoms with Crippen molar-refractivity contribution in [3.05, 3.63) is 36.1 Å². The third-order valence-electron chi connectivity index (χ3n) is 1.23. The average Bonchev–Trinajstić information content (AvgIpc) is 1.87. The van der Waals surface area contributed by atoms with Gasteiger partial charge >= 0.3 is 0 Å². The summed E-state index contributed by atoms with van der Waals surface area (Å²) < 4.78 is 0. The maximum absolute atomic E-state index is 5.38. The van der Waals surface area contributed by atoms with E-state index in [9.17, 15) is 0 Å². The zero-order chi connectivity index (χ0) is 9.44. The Balaban J connectivity index is 0. The van der Waals surface area contributed by atoms with Crippen molar-refractivity contribution in [2.75, 3.05) is 0 Å². The monoisotopic (exact) mass is 153 g/mol. The zero-order valence-electron chi connectivity index (χ0n) is 8.07. The summed E-state index contributed by atoms with van der Waals surface area (Å²) >= 11 is 0. The molecule has 0 atom stereocenters. The molecule has 1 nitrogen and oxygen atoms in total. The fourth-order valence-electron chi connectivity index (χ4n) is 0.321. The van der Waals surface area contributed by atoms with E-state index in [4.69, 9.17) is 5.73 Å². The lowest BCUT2D eigenvalue weighted by molar-refractivity contribution is 1.21. The topological polar surface area (TPSA) is 26.0 Å². The van der Waals surface area contributed by atoms with Crippen LogP contribution in [0.15, 0.2) is 36.1 Å². The molecule has 0 unspecified atom stereocenters. The van der Waals surface area contributed by atoms with E-state index < -0.39 is 0 Å². The fraction of sp³-hybridized carbons (Fsp3) is 0.400. The van der Waals surface area contributed by atoms with E-state index in [-0.39, 0.29) is 0 Å². The van der Waals surface area contributed by atoms with Crippen LogP contribution in [0.1, 0.15) is 27.7 Å². The lowest BCUT2D eigenvalue weighted by Crippen LogP contribution is -1.96. The van der Waals surface area contributed by atoms with Crippen LogP contribution in [0.5, 0.6) is 0 Å². The Labute approximate surface area is 70.3 Å². The van der Waals surface area contributed by atoms with Gasteiger partial charge in [-0.15, -0.1) is 6.58 Å². The van der Waals surface area contributed by atoms with E-state index in [1.54, 1.807) is 6.08 Å². The van der Waals surface area contributed by atoms with Crippen molar-refractivity contribution in [2.45, 2.75) is 27.7 Å². The summed E-state index contributed by atoms with van der Waals surface area (Å²) in [5.41, 5.74) is 8.39. The Bertz CT molecular complexity index is 160. The molecule has 0 aromatic rings. The van der Waals surface area contributed by atoms with Gasteiger partial charge in [0.1, 0.15) is 0 Å².